The molecule has 0 saturated carbocycles. The maximum Gasteiger partial charge on any atom is -0.0590 e. The Balaban J connectivity index is 0.00000124. The second-order valence-electron chi connectivity index (χ2n) is 14.0. The second kappa shape index (κ2) is 13.6. The van der Waals surface area contributed by atoms with Gasteiger partial charge in [-0.15, -0.1) is 0 Å². The van der Waals surface area contributed by atoms with Gasteiger partial charge in [-0.1, -0.05) is 20.3 Å². The van der Waals surface area contributed by atoms with Crippen LogP contribution < -0.4 is 11.5 Å². The van der Waals surface area contributed by atoms with Gasteiger partial charge >= 0.3 is 256 Å². The van der Waals surface area contributed by atoms with Gasteiger partial charge in [0.25, 0.3) is 0 Å². The summed E-state index contributed by atoms with van der Waals surface area (Å²) in [6.07, 6.45) is 3.36. The van der Waals surface area contributed by atoms with Crippen molar-refractivity contribution in [1.82, 2.24) is 0 Å². The van der Waals surface area contributed by atoms with Gasteiger partial charge in [0.15, 0.2) is 0 Å². The standard InChI is InChI=1S/C25H23NS4.C3H8.6CH3.2Sn/c1-14(2)12-16-4-6-20(29-16)22-18-8-10-28-25(18)23(19-9-11-27-24(19)22)21-7-5-17(30-21)13-15(3)26;1-3-2;;;;;;;;/h4-9,14-15H,12-13,26H2,1-3H3;3H2,1-2H3;6*1H3;;. The first kappa shape index (κ1) is 34.0. The van der Waals surface area contributed by atoms with Crippen molar-refractivity contribution in [1.29, 1.82) is 0 Å². The van der Waals surface area contributed by atoms with E-state index in [1.807, 2.05) is 22.7 Å². The van der Waals surface area contributed by atoms with Gasteiger partial charge in [0.05, 0.1) is 0 Å². The van der Waals surface area contributed by atoms with Crippen molar-refractivity contribution in [3.05, 3.63) is 46.2 Å². The van der Waals surface area contributed by atoms with Gasteiger partial charge in [-0.05, 0) is 0 Å². The summed E-state index contributed by atoms with van der Waals surface area (Å²) in [5, 5.41) is 2.99. The van der Waals surface area contributed by atoms with Gasteiger partial charge in [0.1, 0.15) is 0 Å². The number of hydrogen-bond acceptors (Lipinski definition) is 5. The van der Waals surface area contributed by atoms with Crippen LogP contribution in [0.3, 0.4) is 0 Å². The third-order valence-corrected chi connectivity index (χ3v) is 30.3. The minimum atomic E-state index is -2.28. The van der Waals surface area contributed by atoms with Gasteiger partial charge in [0.2, 0.25) is 0 Å². The van der Waals surface area contributed by atoms with Crippen molar-refractivity contribution in [3.8, 4) is 20.9 Å². The number of thiophene rings is 4. The van der Waals surface area contributed by atoms with Crippen molar-refractivity contribution in [2.45, 2.75) is 89.6 Å². The summed E-state index contributed by atoms with van der Waals surface area (Å²) < 4.78 is 6.38. The molecule has 4 heterocycles. The normalized spacial score (nSPS) is 13.3. The molecule has 0 aliphatic rings. The zero-order valence-electron chi connectivity index (χ0n) is 27.0. The summed E-state index contributed by atoms with van der Waals surface area (Å²) in [7, 11) is 0. The van der Waals surface area contributed by atoms with E-state index in [1.165, 1.54) is 57.2 Å². The molecule has 0 aliphatic heterocycles. The Morgan fingerprint density at radius 2 is 1.02 bits per heavy atom. The molecule has 0 amide bonds. The molecule has 7 heteroatoms. The Labute approximate surface area is 273 Å². The quantitative estimate of drug-likeness (QED) is 0.155. The minimum absolute atomic E-state index is 0.189. The van der Waals surface area contributed by atoms with E-state index >= 15 is 0 Å². The van der Waals surface area contributed by atoms with Crippen molar-refractivity contribution in [2.24, 2.45) is 11.7 Å². The molecule has 41 heavy (non-hydrogen) atoms. The van der Waals surface area contributed by atoms with Gasteiger partial charge in [0, 0.05) is 0 Å². The van der Waals surface area contributed by atoms with Crippen molar-refractivity contribution >= 4 is 108 Å². The zero-order chi connectivity index (χ0) is 30.3. The molecule has 1 atom stereocenters. The topological polar surface area (TPSA) is 26.0 Å². The van der Waals surface area contributed by atoms with E-state index in [-0.39, 0.29) is 6.04 Å². The number of fused-ring (bicyclic) bond motifs is 2. The third-order valence-electron chi connectivity index (χ3n) is 6.88. The zero-order valence-corrected chi connectivity index (χ0v) is 35.9. The molecule has 1 unspecified atom stereocenters. The molecule has 4 aromatic heterocycles. The van der Waals surface area contributed by atoms with Crippen molar-refractivity contribution in [2.75, 3.05) is 0 Å². The van der Waals surface area contributed by atoms with E-state index in [4.69, 9.17) is 5.73 Å². The van der Waals surface area contributed by atoms with Crippen LogP contribution >= 0.6 is 45.3 Å². The van der Waals surface area contributed by atoms with E-state index in [9.17, 15) is 0 Å². The Morgan fingerprint density at radius 3 is 1.37 bits per heavy atom. The fraction of sp³-hybridized carbons (Fsp3) is 0.471. The van der Waals surface area contributed by atoms with Crippen molar-refractivity contribution < 1.29 is 0 Å². The van der Waals surface area contributed by atoms with E-state index < -0.39 is 36.8 Å². The van der Waals surface area contributed by atoms with E-state index in [0.29, 0.717) is 5.92 Å². The first-order valence-electron chi connectivity index (χ1n) is 15.1. The van der Waals surface area contributed by atoms with Crippen molar-refractivity contribution in [3.63, 3.8) is 0 Å². The predicted octanol–water partition coefficient (Wildman–Crippen LogP) is 11.2. The smallest absolute Gasteiger partial charge is 0.0590 e. The van der Waals surface area contributed by atoms with E-state index in [2.05, 4.69) is 123 Å². The number of rotatable bonds is 8. The maximum atomic E-state index is 6.20. The third kappa shape index (κ3) is 7.85. The van der Waals surface area contributed by atoms with Gasteiger partial charge in [-0.25, -0.2) is 0 Å². The molecule has 5 rings (SSSR count). The first-order chi connectivity index (χ1) is 19.1. The number of hydrogen-bond donors (Lipinski definition) is 1. The molecule has 0 spiro atoms. The maximum absolute atomic E-state index is 6.20. The molecule has 0 bridgehead atoms. The Bertz CT molecular complexity index is 1440. The molecule has 0 saturated heterocycles. The summed E-state index contributed by atoms with van der Waals surface area (Å²) in [5.74, 6) is 0.680. The van der Waals surface area contributed by atoms with Crippen LogP contribution in [0.4, 0.5) is 0 Å². The molecular formula is C34H49NS4Sn2. The molecule has 0 aliphatic carbocycles. The largest absolute Gasteiger partial charge is 0.0656 e. The minimum Gasteiger partial charge on any atom is -0.0656 e. The van der Waals surface area contributed by atoms with Crippen LogP contribution in [-0.2, 0) is 12.8 Å². The molecule has 5 aromatic rings. The van der Waals surface area contributed by atoms with E-state index in [0.717, 1.165) is 12.8 Å². The Hall–Kier alpha value is 0.0974. The molecule has 0 fully saturated rings. The molecular weight excluding hydrogens is 788 g/mol. The van der Waals surface area contributed by atoms with Crippen LogP contribution in [0.5, 0.6) is 0 Å². The molecule has 1 aromatic carbocycles. The van der Waals surface area contributed by atoms with Crippen LogP contribution in [0.25, 0.3) is 41.1 Å². The Morgan fingerprint density at radius 1 is 0.634 bits per heavy atom. The molecule has 222 valence electrons. The van der Waals surface area contributed by atoms with Crippen LogP contribution in [0, 0.1) is 5.92 Å². The monoisotopic (exact) mass is 839 g/mol. The molecule has 2 N–H and O–H groups in total. The summed E-state index contributed by atoms with van der Waals surface area (Å²) in [6, 6.07) is 14.9. The average molecular weight is 837 g/mol. The first-order valence-corrected chi connectivity index (χ1v) is 38.4. The second-order valence-corrected chi connectivity index (χ2v) is 49.2. The fourth-order valence-corrected chi connectivity index (χ4v) is 20.5. The number of nitrogens with two attached hydrogens (primary N) is 1. The average Bonchev–Trinajstić information content (AvgIpc) is 3.62. The fourth-order valence-electron chi connectivity index (χ4n) is 4.96. The summed E-state index contributed by atoms with van der Waals surface area (Å²) >= 11 is 3.64. The number of benzene rings is 1. The van der Waals surface area contributed by atoms with Crippen LogP contribution in [-0.4, -0.2) is 42.8 Å². The Kier molecular flexibility index (Phi) is 11.3. The predicted molar refractivity (Wildman–Crippen MR) is 202 cm³/mol. The van der Waals surface area contributed by atoms with Gasteiger partial charge in [-0.3, -0.25) is 0 Å². The summed E-state index contributed by atoms with van der Waals surface area (Å²) in [5.41, 5.74) is 9.20. The van der Waals surface area contributed by atoms with Crippen LogP contribution in [0.1, 0.15) is 50.8 Å². The van der Waals surface area contributed by atoms with Gasteiger partial charge < -0.3 is 0 Å². The molecule has 1 nitrogen and oxygen atoms in total. The van der Waals surface area contributed by atoms with Crippen LogP contribution in [0.2, 0.25) is 29.6 Å². The van der Waals surface area contributed by atoms with Gasteiger partial charge in [-0.2, -0.15) is 0 Å². The summed E-state index contributed by atoms with van der Waals surface area (Å²) in [6.45, 7) is 11.0. The van der Waals surface area contributed by atoms with E-state index in [1.54, 1.807) is 5.79 Å². The summed E-state index contributed by atoms with van der Waals surface area (Å²) in [4.78, 5) is 21.1. The van der Waals surface area contributed by atoms with Crippen LogP contribution in [0.15, 0.2) is 36.4 Å². The SMILES string of the molecule is CC(C)Cc1ccc(-c2c3c[c]([Sn]([CH3])([CH3])[CH3])sc3c(-c3ccc(CC(C)N)s3)c3c[c]([Sn]([CH3])([CH3])[CH3])sc23)s1.CCC. The molecule has 0 radical (unpaired) electrons.